The van der Waals surface area contributed by atoms with Gasteiger partial charge in [-0.25, -0.2) is 4.98 Å². The van der Waals surface area contributed by atoms with E-state index in [9.17, 15) is 18.0 Å². The quantitative estimate of drug-likeness (QED) is 0.262. The third-order valence-corrected chi connectivity index (χ3v) is 5.60. The molecule has 0 atom stereocenters. The smallest absolute Gasteiger partial charge is 0.378 e. The number of anilines is 2. The van der Waals surface area contributed by atoms with Crippen LogP contribution in [0.1, 0.15) is 18.2 Å². The summed E-state index contributed by atoms with van der Waals surface area (Å²) in [5, 5.41) is 2.67. The number of ether oxygens (including phenoxy) is 1. The predicted octanol–water partition coefficient (Wildman–Crippen LogP) is 4.24. The molecule has 1 fully saturated rings. The van der Waals surface area contributed by atoms with E-state index in [-0.39, 0.29) is 12.1 Å². The summed E-state index contributed by atoms with van der Waals surface area (Å²) in [4.78, 5) is 22.6. The minimum Gasteiger partial charge on any atom is -0.378 e. The molecule has 0 aliphatic carbocycles. The van der Waals surface area contributed by atoms with E-state index in [1.165, 1.54) is 13.0 Å². The van der Waals surface area contributed by atoms with E-state index in [1.54, 1.807) is 12.1 Å². The van der Waals surface area contributed by atoms with E-state index in [0.717, 1.165) is 22.5 Å². The van der Waals surface area contributed by atoms with Gasteiger partial charge in [-0.15, -0.1) is 0 Å². The van der Waals surface area contributed by atoms with Crippen molar-refractivity contribution in [3.8, 4) is 23.0 Å². The van der Waals surface area contributed by atoms with Crippen molar-refractivity contribution in [2.45, 2.75) is 20.0 Å². The number of alkyl halides is 3. The Kier molecular flexibility index (Phi) is 9.22. The standard InChI is InChI=1S/C27H28F3N5O2/c1-4-19(15-24(32-3)27(28,29)30)26(36)34-22-8-7-18(2)23(17-22)20-14-21(6-5-9-31)33-25(16-20)35-10-12-37-13-11-35/h4,7-8,14-17H,3,9-13,31H2,1-2H3,(H,34,36)/b19-4+,24-15-. The molecule has 0 bridgehead atoms. The number of nitrogens with two attached hydrogens (primary N) is 1. The number of pyridine rings is 1. The first-order chi connectivity index (χ1) is 17.7. The first-order valence-corrected chi connectivity index (χ1v) is 11.5. The third-order valence-electron chi connectivity index (χ3n) is 5.60. The maximum absolute atomic E-state index is 13.1. The molecule has 0 unspecified atom stereocenters. The van der Waals surface area contributed by atoms with Gasteiger partial charge in [-0.2, -0.15) is 13.2 Å². The predicted molar refractivity (Wildman–Crippen MR) is 139 cm³/mol. The number of aromatic nitrogens is 1. The molecule has 1 amide bonds. The van der Waals surface area contributed by atoms with Gasteiger partial charge in [0.05, 0.1) is 19.8 Å². The van der Waals surface area contributed by atoms with Crippen molar-refractivity contribution in [2.75, 3.05) is 43.1 Å². The van der Waals surface area contributed by atoms with Gasteiger partial charge < -0.3 is 20.7 Å². The molecule has 3 rings (SSSR count). The Morgan fingerprint density at radius 2 is 2.03 bits per heavy atom. The fraction of sp³-hybridized carbons (Fsp3) is 0.296. The highest BCUT2D eigenvalue weighted by Gasteiger charge is 2.33. The molecule has 0 spiro atoms. The lowest BCUT2D eigenvalue weighted by Crippen LogP contribution is -2.36. The molecular weight excluding hydrogens is 483 g/mol. The SMILES string of the molecule is C=N/C(=C\C(=C/C)C(=O)Nc1ccc(C)c(-c2cc(C#CCN)nc(N3CCOCC3)c2)c1)C(F)(F)F. The molecule has 0 saturated carbocycles. The second kappa shape index (κ2) is 12.3. The summed E-state index contributed by atoms with van der Waals surface area (Å²) in [6.45, 7) is 9.10. The van der Waals surface area contributed by atoms with Gasteiger partial charge in [0.1, 0.15) is 17.2 Å². The molecule has 2 aromatic rings. The van der Waals surface area contributed by atoms with Gasteiger partial charge in [-0.1, -0.05) is 18.1 Å². The van der Waals surface area contributed by atoms with Crippen molar-refractivity contribution in [3.05, 3.63) is 65.0 Å². The van der Waals surface area contributed by atoms with Crippen LogP contribution in [-0.2, 0) is 9.53 Å². The van der Waals surface area contributed by atoms with Gasteiger partial charge in [0.25, 0.3) is 5.91 Å². The Morgan fingerprint density at radius 3 is 2.65 bits per heavy atom. The fourth-order valence-electron chi connectivity index (χ4n) is 3.69. The fourth-order valence-corrected chi connectivity index (χ4v) is 3.69. The van der Waals surface area contributed by atoms with Crippen molar-refractivity contribution in [1.29, 1.82) is 0 Å². The van der Waals surface area contributed by atoms with E-state index < -0.39 is 17.8 Å². The lowest BCUT2D eigenvalue weighted by atomic mass is 9.99. The molecular formula is C27H28F3N5O2. The second-order valence-corrected chi connectivity index (χ2v) is 8.12. The van der Waals surface area contributed by atoms with Crippen molar-refractivity contribution >= 4 is 24.1 Å². The number of allylic oxidation sites excluding steroid dienone is 2. The summed E-state index contributed by atoms with van der Waals surface area (Å²) in [5.41, 5.74) is 7.63. The lowest BCUT2D eigenvalue weighted by Gasteiger charge is -2.28. The monoisotopic (exact) mass is 511 g/mol. The number of hydrogen-bond donors (Lipinski definition) is 2. The number of aliphatic imine (C=N–C) groups is 1. The Morgan fingerprint density at radius 1 is 1.30 bits per heavy atom. The van der Waals surface area contributed by atoms with Crippen molar-refractivity contribution in [1.82, 2.24) is 4.98 Å². The minimum atomic E-state index is -4.72. The molecule has 1 aromatic carbocycles. The second-order valence-electron chi connectivity index (χ2n) is 8.12. The summed E-state index contributed by atoms with van der Waals surface area (Å²) in [5.74, 6) is 5.85. The summed E-state index contributed by atoms with van der Waals surface area (Å²) in [6.07, 6.45) is -2.78. The highest BCUT2D eigenvalue weighted by molar-refractivity contribution is 6.06. The van der Waals surface area contributed by atoms with Crippen LogP contribution in [0, 0.1) is 18.8 Å². The van der Waals surface area contributed by atoms with Crippen LogP contribution in [0.3, 0.4) is 0 Å². The number of aryl methyl sites for hydroxylation is 1. The van der Waals surface area contributed by atoms with Gasteiger partial charge in [-0.3, -0.25) is 9.79 Å². The molecule has 37 heavy (non-hydrogen) atoms. The van der Waals surface area contributed by atoms with Crippen molar-refractivity contribution < 1.29 is 22.7 Å². The van der Waals surface area contributed by atoms with Gasteiger partial charge in [0.2, 0.25) is 0 Å². The molecule has 10 heteroatoms. The largest absolute Gasteiger partial charge is 0.433 e. The zero-order valence-electron chi connectivity index (χ0n) is 20.7. The zero-order chi connectivity index (χ0) is 27.0. The van der Waals surface area contributed by atoms with Crippen LogP contribution in [0.4, 0.5) is 24.7 Å². The van der Waals surface area contributed by atoms with Crippen LogP contribution < -0.4 is 16.0 Å². The van der Waals surface area contributed by atoms with E-state index in [2.05, 4.69) is 38.8 Å². The Labute approximate surface area is 213 Å². The topological polar surface area (TPSA) is 92.8 Å². The number of morpholine rings is 1. The molecule has 1 aliphatic rings. The molecule has 7 nitrogen and oxygen atoms in total. The average Bonchev–Trinajstić information content (AvgIpc) is 2.88. The number of nitrogens with zero attached hydrogens (tertiary/aromatic N) is 3. The number of nitrogens with one attached hydrogen (secondary N) is 1. The van der Waals surface area contributed by atoms with Crippen molar-refractivity contribution in [2.24, 2.45) is 10.7 Å². The first-order valence-electron chi connectivity index (χ1n) is 11.5. The van der Waals surface area contributed by atoms with Gasteiger partial charge >= 0.3 is 6.18 Å². The van der Waals surface area contributed by atoms with Crippen molar-refractivity contribution in [3.63, 3.8) is 0 Å². The Balaban J connectivity index is 1.97. The maximum atomic E-state index is 13.1. The molecule has 3 N–H and O–H groups in total. The number of amides is 1. The number of carbonyl (C=O) groups excluding carboxylic acids is 1. The summed E-state index contributed by atoms with van der Waals surface area (Å²) in [6, 6.07) is 9.05. The molecule has 194 valence electrons. The van der Waals surface area contributed by atoms with Crippen LogP contribution >= 0.6 is 0 Å². The van der Waals surface area contributed by atoms with Gasteiger partial charge in [0.15, 0.2) is 0 Å². The number of hydrogen-bond acceptors (Lipinski definition) is 6. The highest BCUT2D eigenvalue weighted by Crippen LogP contribution is 2.31. The Bertz CT molecular complexity index is 1280. The van der Waals surface area contributed by atoms with E-state index in [4.69, 9.17) is 10.5 Å². The summed E-state index contributed by atoms with van der Waals surface area (Å²) >= 11 is 0. The minimum absolute atomic E-state index is 0.193. The third kappa shape index (κ3) is 7.29. The first kappa shape index (κ1) is 27.6. The average molecular weight is 512 g/mol. The molecule has 2 heterocycles. The van der Waals surface area contributed by atoms with E-state index >= 15 is 0 Å². The number of benzene rings is 1. The van der Waals surface area contributed by atoms with Crippen LogP contribution in [-0.4, -0.2) is 56.6 Å². The molecule has 1 aromatic heterocycles. The number of halogens is 3. The molecule has 1 aliphatic heterocycles. The van der Waals surface area contributed by atoms with Crippen LogP contribution in [0.15, 0.2) is 58.7 Å². The van der Waals surface area contributed by atoms with Crippen LogP contribution in [0.25, 0.3) is 11.1 Å². The molecule has 0 radical (unpaired) electrons. The van der Waals surface area contributed by atoms with E-state index in [1.807, 2.05) is 25.1 Å². The van der Waals surface area contributed by atoms with E-state index in [0.29, 0.717) is 43.8 Å². The van der Waals surface area contributed by atoms with Gasteiger partial charge in [0, 0.05) is 24.4 Å². The van der Waals surface area contributed by atoms with Crippen LogP contribution in [0.5, 0.6) is 0 Å². The van der Waals surface area contributed by atoms with Gasteiger partial charge in [-0.05, 0) is 73.5 Å². The normalized spacial score (nSPS) is 14.6. The Hall–Kier alpha value is -3.94. The molecule has 1 saturated heterocycles. The summed E-state index contributed by atoms with van der Waals surface area (Å²) in [7, 11) is 0. The highest BCUT2D eigenvalue weighted by atomic mass is 19.4. The zero-order valence-corrected chi connectivity index (χ0v) is 20.7. The number of carbonyl (C=O) groups is 1. The van der Waals surface area contributed by atoms with Crippen LogP contribution in [0.2, 0.25) is 0 Å². The number of rotatable bonds is 6. The maximum Gasteiger partial charge on any atom is 0.433 e. The summed E-state index contributed by atoms with van der Waals surface area (Å²) < 4.78 is 44.7. The lowest BCUT2D eigenvalue weighted by molar-refractivity contribution is -0.112.